The number of anilines is 1. The van der Waals surface area contributed by atoms with Crippen LogP contribution in [0.4, 0.5) is 5.69 Å². The van der Waals surface area contributed by atoms with Crippen LogP contribution < -0.4 is 5.32 Å². The summed E-state index contributed by atoms with van der Waals surface area (Å²) >= 11 is 0. The van der Waals surface area contributed by atoms with Gasteiger partial charge in [-0.3, -0.25) is 9.59 Å². The molecule has 0 aliphatic carbocycles. The maximum Gasteiger partial charge on any atom is 0.242 e. The Morgan fingerprint density at radius 3 is 2.67 bits per heavy atom. The van der Waals surface area contributed by atoms with E-state index in [9.17, 15) is 9.59 Å². The van der Waals surface area contributed by atoms with Crippen LogP contribution in [-0.4, -0.2) is 11.7 Å². The van der Waals surface area contributed by atoms with Gasteiger partial charge in [0.05, 0.1) is 0 Å². The third kappa shape index (κ3) is 2.78. The molecular weight excluding hydrogens is 262 g/mol. The van der Waals surface area contributed by atoms with Gasteiger partial charge in [-0.1, -0.05) is 43.2 Å². The summed E-state index contributed by atoms with van der Waals surface area (Å²) in [5, 5.41) is 2.88. The minimum Gasteiger partial charge on any atom is -0.325 e. The number of benzene rings is 1. The van der Waals surface area contributed by atoms with Crippen molar-refractivity contribution >= 4 is 17.4 Å². The Hall–Kier alpha value is -1.90. The highest BCUT2D eigenvalue weighted by atomic mass is 16.2. The van der Waals surface area contributed by atoms with Crippen LogP contribution in [0.25, 0.3) is 0 Å². The van der Waals surface area contributed by atoms with Crippen molar-refractivity contribution in [2.45, 2.75) is 51.9 Å². The zero-order valence-corrected chi connectivity index (χ0v) is 13.0. The topological polar surface area (TPSA) is 46.2 Å². The van der Waals surface area contributed by atoms with E-state index in [4.69, 9.17) is 0 Å². The number of unbranched alkanes of at least 4 members (excludes halogenated alkanes) is 1. The highest BCUT2D eigenvalue weighted by molar-refractivity contribution is 6.21. The van der Waals surface area contributed by atoms with Gasteiger partial charge in [-0.25, -0.2) is 0 Å². The second kappa shape index (κ2) is 6.25. The Morgan fingerprint density at radius 2 is 2.00 bits per heavy atom. The molecule has 1 N–H and O–H groups in total. The number of fused-ring (bicyclic) bond motifs is 1. The number of ketones is 1. The summed E-state index contributed by atoms with van der Waals surface area (Å²) in [6.07, 6.45) is 4.67. The van der Waals surface area contributed by atoms with Crippen molar-refractivity contribution in [1.29, 1.82) is 0 Å². The number of carbonyl (C=O) groups is 2. The largest absolute Gasteiger partial charge is 0.325 e. The molecule has 1 aromatic rings. The molecule has 1 unspecified atom stereocenters. The molecule has 0 saturated heterocycles. The fourth-order valence-electron chi connectivity index (χ4n) is 2.82. The van der Waals surface area contributed by atoms with Gasteiger partial charge in [-0.05, 0) is 38.3 Å². The average molecular weight is 285 g/mol. The molecule has 3 nitrogen and oxygen atoms in total. The molecule has 112 valence electrons. The van der Waals surface area contributed by atoms with Crippen LogP contribution in [0, 0.1) is 0 Å². The standard InChI is InChI=1S/C18H23NO2/c1-4-5-10-16(20)18(12-11-13(2)3)14-8-6-7-9-15(14)19-17(18)21/h6-9,11H,4-5,10,12H2,1-3H3,(H,19,21). The molecule has 1 aliphatic heterocycles. The van der Waals surface area contributed by atoms with E-state index in [0.29, 0.717) is 12.8 Å². The van der Waals surface area contributed by atoms with Gasteiger partial charge >= 0.3 is 0 Å². The quantitative estimate of drug-likeness (QED) is 0.634. The Labute approximate surface area is 126 Å². The second-order valence-electron chi connectivity index (χ2n) is 5.92. The molecule has 0 radical (unpaired) electrons. The van der Waals surface area contributed by atoms with E-state index in [2.05, 4.69) is 12.2 Å². The summed E-state index contributed by atoms with van der Waals surface area (Å²) in [5.74, 6) is -0.147. The van der Waals surface area contributed by atoms with E-state index in [0.717, 1.165) is 29.7 Å². The van der Waals surface area contributed by atoms with Gasteiger partial charge in [-0.2, -0.15) is 0 Å². The lowest BCUT2D eigenvalue weighted by Gasteiger charge is -2.25. The van der Waals surface area contributed by atoms with Crippen LogP contribution in [-0.2, 0) is 15.0 Å². The molecule has 2 rings (SSSR count). The van der Waals surface area contributed by atoms with Gasteiger partial charge in [0.1, 0.15) is 5.41 Å². The van der Waals surface area contributed by atoms with Gasteiger partial charge in [0.25, 0.3) is 0 Å². The van der Waals surface area contributed by atoms with Crippen molar-refractivity contribution in [2.24, 2.45) is 0 Å². The van der Waals surface area contributed by atoms with Crippen LogP contribution >= 0.6 is 0 Å². The summed E-state index contributed by atoms with van der Waals surface area (Å²) in [6.45, 7) is 6.03. The molecule has 0 spiro atoms. The highest BCUT2D eigenvalue weighted by Crippen LogP contribution is 2.42. The smallest absolute Gasteiger partial charge is 0.242 e. The normalized spacial score (nSPS) is 19.9. The minimum absolute atomic E-state index is 0.0318. The van der Waals surface area contributed by atoms with Crippen LogP contribution in [0.5, 0.6) is 0 Å². The maximum atomic E-state index is 12.8. The van der Waals surface area contributed by atoms with Crippen molar-refractivity contribution < 1.29 is 9.59 Å². The molecular formula is C18H23NO2. The third-order valence-electron chi connectivity index (χ3n) is 4.07. The Bertz CT molecular complexity index is 585. The number of allylic oxidation sites excluding steroid dienone is 2. The lowest BCUT2D eigenvalue weighted by atomic mass is 9.73. The van der Waals surface area contributed by atoms with E-state index >= 15 is 0 Å². The number of rotatable bonds is 6. The number of hydrogen-bond acceptors (Lipinski definition) is 2. The summed E-state index contributed by atoms with van der Waals surface area (Å²) in [4.78, 5) is 25.4. The number of para-hydroxylation sites is 1. The van der Waals surface area contributed by atoms with E-state index in [-0.39, 0.29) is 11.7 Å². The number of nitrogens with one attached hydrogen (secondary N) is 1. The molecule has 0 saturated carbocycles. The molecule has 0 aromatic heterocycles. The first-order chi connectivity index (χ1) is 10.0. The van der Waals surface area contributed by atoms with Crippen LogP contribution in [0.2, 0.25) is 0 Å². The zero-order chi connectivity index (χ0) is 15.5. The Kier molecular flexibility index (Phi) is 4.61. The Balaban J connectivity index is 2.48. The summed E-state index contributed by atoms with van der Waals surface area (Å²) in [6, 6.07) is 7.54. The molecule has 1 aromatic carbocycles. The predicted molar refractivity (Wildman–Crippen MR) is 85.3 cm³/mol. The molecule has 1 amide bonds. The first-order valence-corrected chi connectivity index (χ1v) is 7.60. The monoisotopic (exact) mass is 285 g/mol. The van der Waals surface area contributed by atoms with E-state index in [1.807, 2.05) is 44.2 Å². The van der Waals surface area contributed by atoms with Crippen molar-refractivity contribution in [3.05, 3.63) is 41.5 Å². The molecule has 1 aliphatic rings. The molecule has 3 heteroatoms. The number of hydrogen-bond donors (Lipinski definition) is 1. The highest BCUT2D eigenvalue weighted by Gasteiger charge is 2.50. The van der Waals surface area contributed by atoms with Gasteiger partial charge in [0.15, 0.2) is 5.78 Å². The van der Waals surface area contributed by atoms with Crippen molar-refractivity contribution in [1.82, 2.24) is 0 Å². The van der Waals surface area contributed by atoms with Crippen molar-refractivity contribution in [3.63, 3.8) is 0 Å². The van der Waals surface area contributed by atoms with Crippen LogP contribution in [0.1, 0.15) is 52.0 Å². The SMILES string of the molecule is CCCCC(=O)C1(CC=C(C)C)C(=O)Nc2ccccc21. The Morgan fingerprint density at radius 1 is 1.29 bits per heavy atom. The number of carbonyl (C=O) groups excluding carboxylic acids is 2. The van der Waals surface area contributed by atoms with E-state index in [1.54, 1.807) is 0 Å². The predicted octanol–water partition coefficient (Wildman–Crippen LogP) is 3.99. The summed E-state index contributed by atoms with van der Waals surface area (Å²) in [7, 11) is 0. The number of Topliss-reactive ketones (excluding diaryl/α,β-unsaturated/α-hetero) is 1. The maximum absolute atomic E-state index is 12.8. The molecule has 0 bridgehead atoms. The first kappa shape index (κ1) is 15.5. The summed E-state index contributed by atoms with van der Waals surface area (Å²) in [5.41, 5.74) is 1.68. The van der Waals surface area contributed by atoms with Crippen molar-refractivity contribution in [3.8, 4) is 0 Å². The molecule has 21 heavy (non-hydrogen) atoms. The van der Waals surface area contributed by atoms with E-state index in [1.165, 1.54) is 0 Å². The van der Waals surface area contributed by atoms with Gasteiger partial charge < -0.3 is 5.32 Å². The average Bonchev–Trinajstić information content (AvgIpc) is 2.75. The van der Waals surface area contributed by atoms with Crippen LogP contribution in [0.15, 0.2) is 35.9 Å². The third-order valence-corrected chi connectivity index (χ3v) is 4.07. The molecule has 1 heterocycles. The number of amides is 1. The van der Waals surface area contributed by atoms with Crippen molar-refractivity contribution in [2.75, 3.05) is 5.32 Å². The van der Waals surface area contributed by atoms with Crippen LogP contribution in [0.3, 0.4) is 0 Å². The fourth-order valence-corrected chi connectivity index (χ4v) is 2.82. The lowest BCUT2D eigenvalue weighted by Crippen LogP contribution is -2.42. The van der Waals surface area contributed by atoms with Gasteiger partial charge in [-0.15, -0.1) is 0 Å². The molecule has 0 fully saturated rings. The van der Waals surface area contributed by atoms with Gasteiger partial charge in [0, 0.05) is 12.1 Å². The second-order valence-corrected chi connectivity index (χ2v) is 5.92. The van der Waals surface area contributed by atoms with Gasteiger partial charge in [0.2, 0.25) is 5.91 Å². The first-order valence-electron chi connectivity index (χ1n) is 7.60. The summed E-state index contributed by atoms with van der Waals surface area (Å²) < 4.78 is 0. The molecule has 1 atom stereocenters. The van der Waals surface area contributed by atoms with E-state index < -0.39 is 5.41 Å². The lowest BCUT2D eigenvalue weighted by molar-refractivity contribution is -0.133. The fraction of sp³-hybridized carbons (Fsp3) is 0.444. The zero-order valence-electron chi connectivity index (χ0n) is 13.0. The minimum atomic E-state index is -1.04.